The van der Waals surface area contributed by atoms with Crippen molar-refractivity contribution in [3.8, 4) is 11.5 Å². The van der Waals surface area contributed by atoms with Crippen molar-refractivity contribution in [1.29, 1.82) is 0 Å². The van der Waals surface area contributed by atoms with Gasteiger partial charge in [0.05, 0.1) is 20.1 Å². The zero-order chi connectivity index (χ0) is 14.5. The van der Waals surface area contributed by atoms with Crippen molar-refractivity contribution in [3.05, 3.63) is 23.8 Å². The van der Waals surface area contributed by atoms with E-state index in [4.69, 9.17) is 14.2 Å². The van der Waals surface area contributed by atoms with Crippen LogP contribution in [0, 0.1) is 6.92 Å². The summed E-state index contributed by atoms with van der Waals surface area (Å²) in [5, 5.41) is 0. The van der Waals surface area contributed by atoms with E-state index in [1.165, 1.54) is 0 Å². The molecule has 0 saturated heterocycles. The summed E-state index contributed by atoms with van der Waals surface area (Å²) in [6.45, 7) is 7.78. The Morgan fingerprint density at radius 2 is 1.89 bits per heavy atom. The molecule has 19 heavy (non-hydrogen) atoms. The van der Waals surface area contributed by atoms with Gasteiger partial charge in [-0.1, -0.05) is 6.07 Å². The zero-order valence-electron chi connectivity index (χ0n) is 12.3. The van der Waals surface area contributed by atoms with E-state index in [0.29, 0.717) is 11.5 Å². The van der Waals surface area contributed by atoms with Crippen molar-refractivity contribution in [2.24, 2.45) is 0 Å². The van der Waals surface area contributed by atoms with Crippen LogP contribution in [0.5, 0.6) is 11.5 Å². The van der Waals surface area contributed by atoms with Crippen LogP contribution >= 0.6 is 0 Å². The third-order valence-electron chi connectivity index (χ3n) is 2.30. The normalized spacial score (nSPS) is 11.0. The number of methoxy groups -OCH3 is 1. The maximum atomic E-state index is 11.5. The Bertz CT molecular complexity index is 432. The molecule has 1 aromatic rings. The van der Waals surface area contributed by atoms with Crippen LogP contribution in [0.2, 0.25) is 0 Å². The minimum atomic E-state index is -0.460. The van der Waals surface area contributed by atoms with Gasteiger partial charge in [-0.2, -0.15) is 0 Å². The van der Waals surface area contributed by atoms with Gasteiger partial charge in [-0.15, -0.1) is 0 Å². The van der Waals surface area contributed by atoms with E-state index in [-0.39, 0.29) is 19.0 Å². The first-order chi connectivity index (χ1) is 8.81. The van der Waals surface area contributed by atoms with Crippen molar-refractivity contribution in [2.45, 2.75) is 39.7 Å². The van der Waals surface area contributed by atoms with Gasteiger partial charge in [0, 0.05) is 0 Å². The topological polar surface area (TPSA) is 44.8 Å². The van der Waals surface area contributed by atoms with Crippen LogP contribution in [0.3, 0.4) is 0 Å². The molecule has 1 aromatic carbocycles. The fourth-order valence-electron chi connectivity index (χ4n) is 1.53. The van der Waals surface area contributed by atoms with Crippen LogP contribution in [0.15, 0.2) is 18.2 Å². The molecular weight excluding hydrogens is 244 g/mol. The molecule has 0 aromatic heterocycles. The minimum Gasteiger partial charge on any atom is -0.493 e. The van der Waals surface area contributed by atoms with Gasteiger partial charge in [0.25, 0.3) is 0 Å². The SMILES string of the molecule is COc1cc(C)ccc1OCCC(=O)OC(C)(C)C. The summed E-state index contributed by atoms with van der Waals surface area (Å²) in [5.41, 5.74) is 0.634. The van der Waals surface area contributed by atoms with E-state index in [1.807, 2.05) is 45.9 Å². The number of rotatable bonds is 5. The second-order valence-electron chi connectivity index (χ2n) is 5.34. The van der Waals surface area contributed by atoms with E-state index in [2.05, 4.69) is 0 Å². The summed E-state index contributed by atoms with van der Waals surface area (Å²) in [6.07, 6.45) is 0.217. The third kappa shape index (κ3) is 5.64. The lowest BCUT2D eigenvalue weighted by Gasteiger charge is -2.19. The quantitative estimate of drug-likeness (QED) is 0.768. The van der Waals surface area contributed by atoms with E-state index >= 15 is 0 Å². The number of benzene rings is 1. The van der Waals surface area contributed by atoms with Crippen molar-refractivity contribution < 1.29 is 19.0 Å². The van der Waals surface area contributed by atoms with E-state index in [0.717, 1.165) is 5.56 Å². The maximum absolute atomic E-state index is 11.5. The van der Waals surface area contributed by atoms with Crippen molar-refractivity contribution in [2.75, 3.05) is 13.7 Å². The van der Waals surface area contributed by atoms with Crippen molar-refractivity contribution in [1.82, 2.24) is 0 Å². The molecule has 0 N–H and O–H groups in total. The molecule has 0 radical (unpaired) electrons. The van der Waals surface area contributed by atoms with Crippen LogP contribution < -0.4 is 9.47 Å². The van der Waals surface area contributed by atoms with E-state index < -0.39 is 5.60 Å². The largest absolute Gasteiger partial charge is 0.493 e. The molecule has 0 aliphatic heterocycles. The molecule has 0 fully saturated rings. The van der Waals surface area contributed by atoms with Gasteiger partial charge in [-0.3, -0.25) is 4.79 Å². The Kier molecular flexibility index (Phi) is 5.21. The Morgan fingerprint density at radius 3 is 2.47 bits per heavy atom. The molecule has 0 saturated carbocycles. The number of hydrogen-bond acceptors (Lipinski definition) is 4. The number of esters is 1. The summed E-state index contributed by atoms with van der Waals surface area (Å²) < 4.78 is 16.0. The van der Waals surface area contributed by atoms with Gasteiger partial charge in [0.15, 0.2) is 11.5 Å². The highest BCUT2D eigenvalue weighted by Gasteiger charge is 2.16. The predicted molar refractivity (Wildman–Crippen MR) is 73.7 cm³/mol. The smallest absolute Gasteiger partial charge is 0.309 e. The number of carbonyl (C=O) groups is 1. The van der Waals surface area contributed by atoms with Gasteiger partial charge in [0.2, 0.25) is 0 Å². The van der Waals surface area contributed by atoms with Crippen LogP contribution in [0.1, 0.15) is 32.8 Å². The van der Waals surface area contributed by atoms with Gasteiger partial charge in [0.1, 0.15) is 5.60 Å². The summed E-state index contributed by atoms with van der Waals surface area (Å²) in [5.74, 6) is 1.04. The van der Waals surface area contributed by atoms with Crippen LogP contribution in [0.4, 0.5) is 0 Å². The summed E-state index contributed by atoms with van der Waals surface area (Å²) in [7, 11) is 1.59. The first kappa shape index (κ1) is 15.3. The minimum absolute atomic E-state index is 0.217. The molecule has 0 atom stereocenters. The lowest BCUT2D eigenvalue weighted by atomic mass is 10.2. The molecule has 4 nitrogen and oxygen atoms in total. The third-order valence-corrected chi connectivity index (χ3v) is 2.30. The monoisotopic (exact) mass is 266 g/mol. The zero-order valence-corrected chi connectivity index (χ0v) is 12.3. The lowest BCUT2D eigenvalue weighted by molar-refractivity contribution is -0.155. The molecule has 0 heterocycles. The van der Waals surface area contributed by atoms with Crippen molar-refractivity contribution >= 4 is 5.97 Å². The van der Waals surface area contributed by atoms with Crippen LogP contribution in [0.25, 0.3) is 0 Å². The number of hydrogen-bond donors (Lipinski definition) is 0. The van der Waals surface area contributed by atoms with E-state index in [9.17, 15) is 4.79 Å². The molecular formula is C15H22O4. The van der Waals surface area contributed by atoms with Gasteiger partial charge >= 0.3 is 5.97 Å². The van der Waals surface area contributed by atoms with E-state index in [1.54, 1.807) is 7.11 Å². The van der Waals surface area contributed by atoms with Crippen LogP contribution in [-0.2, 0) is 9.53 Å². The number of carbonyl (C=O) groups excluding carboxylic acids is 1. The summed E-state index contributed by atoms with van der Waals surface area (Å²) >= 11 is 0. The fourth-order valence-corrected chi connectivity index (χ4v) is 1.53. The second kappa shape index (κ2) is 6.45. The Balaban J connectivity index is 2.47. The lowest BCUT2D eigenvalue weighted by Crippen LogP contribution is -2.24. The van der Waals surface area contributed by atoms with Crippen molar-refractivity contribution in [3.63, 3.8) is 0 Å². The Labute approximate surface area is 114 Å². The molecule has 0 aliphatic rings. The fraction of sp³-hybridized carbons (Fsp3) is 0.533. The standard InChI is InChI=1S/C15H22O4/c1-11-6-7-12(13(10-11)17-5)18-9-8-14(16)19-15(2,3)4/h6-7,10H,8-9H2,1-5H3. The van der Waals surface area contributed by atoms with Gasteiger partial charge in [-0.05, 0) is 45.4 Å². The Hall–Kier alpha value is -1.71. The van der Waals surface area contributed by atoms with Gasteiger partial charge < -0.3 is 14.2 Å². The molecule has 106 valence electrons. The predicted octanol–water partition coefficient (Wildman–Crippen LogP) is 3.11. The maximum Gasteiger partial charge on any atom is 0.309 e. The average molecular weight is 266 g/mol. The molecule has 0 spiro atoms. The highest BCUT2D eigenvalue weighted by atomic mass is 16.6. The molecule has 0 aliphatic carbocycles. The molecule has 0 unspecified atom stereocenters. The molecule has 1 rings (SSSR count). The molecule has 4 heteroatoms. The number of ether oxygens (including phenoxy) is 3. The Morgan fingerprint density at radius 1 is 1.21 bits per heavy atom. The second-order valence-corrected chi connectivity index (χ2v) is 5.34. The molecule has 0 bridgehead atoms. The first-order valence-corrected chi connectivity index (χ1v) is 6.31. The summed E-state index contributed by atoms with van der Waals surface area (Å²) in [4.78, 5) is 11.5. The highest BCUT2D eigenvalue weighted by molar-refractivity contribution is 5.70. The average Bonchev–Trinajstić information content (AvgIpc) is 2.28. The highest BCUT2D eigenvalue weighted by Crippen LogP contribution is 2.27. The van der Waals surface area contributed by atoms with Gasteiger partial charge in [-0.25, -0.2) is 0 Å². The molecule has 0 amide bonds. The summed E-state index contributed by atoms with van der Waals surface area (Å²) in [6, 6.07) is 5.66. The number of aryl methyl sites for hydroxylation is 1. The van der Waals surface area contributed by atoms with Crippen LogP contribution in [-0.4, -0.2) is 25.3 Å². The first-order valence-electron chi connectivity index (χ1n) is 6.31.